The van der Waals surface area contributed by atoms with Crippen molar-refractivity contribution in [1.29, 1.82) is 0 Å². The number of para-hydroxylation sites is 1. The van der Waals surface area contributed by atoms with Crippen molar-refractivity contribution in [3.8, 4) is 11.8 Å². The summed E-state index contributed by atoms with van der Waals surface area (Å²) in [5.41, 5.74) is 0.919. The van der Waals surface area contributed by atoms with Crippen molar-refractivity contribution in [1.82, 2.24) is 4.98 Å². The number of rotatable bonds is 2. The summed E-state index contributed by atoms with van der Waals surface area (Å²) in [6.07, 6.45) is 0. The van der Waals surface area contributed by atoms with Gasteiger partial charge in [0.15, 0.2) is 0 Å². The van der Waals surface area contributed by atoms with E-state index in [1.807, 2.05) is 0 Å². The minimum absolute atomic E-state index is 0.0296. The lowest BCUT2D eigenvalue weighted by molar-refractivity contribution is -0.136. The van der Waals surface area contributed by atoms with E-state index in [4.69, 9.17) is 5.11 Å². The van der Waals surface area contributed by atoms with Gasteiger partial charge >= 0.3 is 11.9 Å². The van der Waals surface area contributed by atoms with Crippen LogP contribution in [0.5, 0.6) is 0 Å². The Morgan fingerprint density at radius 3 is 2.79 bits per heavy atom. The van der Waals surface area contributed by atoms with Crippen molar-refractivity contribution in [3.05, 3.63) is 35.5 Å². The molecular weight excluding hydrogens is 246 g/mol. The lowest BCUT2D eigenvalue weighted by atomic mass is 10.1. The molecule has 0 aliphatic rings. The van der Waals surface area contributed by atoms with Crippen LogP contribution in [0.2, 0.25) is 0 Å². The third-order valence-electron chi connectivity index (χ3n) is 2.48. The van der Waals surface area contributed by atoms with Crippen LogP contribution in [-0.2, 0) is 9.53 Å². The van der Waals surface area contributed by atoms with Crippen LogP contribution < -0.4 is 0 Å². The first-order valence-electron chi connectivity index (χ1n) is 5.66. The van der Waals surface area contributed by atoms with E-state index in [0.29, 0.717) is 10.9 Å². The summed E-state index contributed by atoms with van der Waals surface area (Å²) in [5, 5.41) is 9.78. The van der Waals surface area contributed by atoms with Crippen LogP contribution in [0.1, 0.15) is 23.0 Å². The maximum absolute atomic E-state index is 11.2. The number of esters is 1. The number of aromatic amines is 1. The second-order valence-electron chi connectivity index (χ2n) is 3.70. The standard InChI is InChI=1S/C14H11NO4/c1-2-19-12(16)8-7-10-9-5-3-4-6-11(9)15-13(10)14(17)18/h3-6,15H,2H2,1H3,(H,17,18). The van der Waals surface area contributed by atoms with Gasteiger partial charge in [-0.05, 0) is 13.0 Å². The van der Waals surface area contributed by atoms with E-state index < -0.39 is 11.9 Å². The second kappa shape index (κ2) is 5.27. The van der Waals surface area contributed by atoms with Gasteiger partial charge in [-0.3, -0.25) is 0 Å². The molecule has 1 aromatic carbocycles. The minimum Gasteiger partial charge on any atom is -0.477 e. The van der Waals surface area contributed by atoms with Gasteiger partial charge in [0.1, 0.15) is 5.69 Å². The molecule has 0 amide bonds. The van der Waals surface area contributed by atoms with Crippen LogP contribution in [0.25, 0.3) is 10.9 Å². The number of carboxylic acids is 1. The Kier molecular flexibility index (Phi) is 3.53. The van der Waals surface area contributed by atoms with Crippen molar-refractivity contribution in [2.75, 3.05) is 6.61 Å². The highest BCUT2D eigenvalue weighted by Crippen LogP contribution is 2.21. The summed E-state index contributed by atoms with van der Waals surface area (Å²) in [7, 11) is 0. The molecule has 96 valence electrons. The summed E-state index contributed by atoms with van der Waals surface area (Å²) in [5.74, 6) is 3.05. The highest BCUT2D eigenvalue weighted by Gasteiger charge is 2.15. The quantitative estimate of drug-likeness (QED) is 0.635. The van der Waals surface area contributed by atoms with Crippen molar-refractivity contribution in [3.63, 3.8) is 0 Å². The van der Waals surface area contributed by atoms with Gasteiger partial charge in [0, 0.05) is 16.8 Å². The van der Waals surface area contributed by atoms with Gasteiger partial charge in [-0.2, -0.15) is 0 Å². The first-order valence-corrected chi connectivity index (χ1v) is 5.66. The van der Waals surface area contributed by atoms with Crippen molar-refractivity contribution in [2.45, 2.75) is 6.92 Å². The molecule has 0 saturated carbocycles. The SMILES string of the molecule is CCOC(=O)C#Cc1c(C(=O)O)[nH]c2ccccc12. The van der Waals surface area contributed by atoms with Crippen LogP contribution in [0.3, 0.4) is 0 Å². The number of carbonyl (C=O) groups is 2. The Balaban J connectivity index is 2.54. The average molecular weight is 257 g/mol. The van der Waals surface area contributed by atoms with Crippen LogP contribution in [0.4, 0.5) is 0 Å². The zero-order valence-electron chi connectivity index (χ0n) is 10.2. The van der Waals surface area contributed by atoms with E-state index in [9.17, 15) is 9.59 Å². The molecule has 0 aliphatic heterocycles. The predicted octanol–water partition coefficient (Wildman–Crippen LogP) is 1.78. The van der Waals surface area contributed by atoms with E-state index >= 15 is 0 Å². The van der Waals surface area contributed by atoms with Crippen molar-refractivity contribution < 1.29 is 19.4 Å². The van der Waals surface area contributed by atoms with E-state index in [1.54, 1.807) is 31.2 Å². The summed E-state index contributed by atoms with van der Waals surface area (Å²) in [6, 6.07) is 7.05. The molecule has 1 heterocycles. The molecule has 19 heavy (non-hydrogen) atoms. The summed E-state index contributed by atoms with van der Waals surface area (Å²) in [4.78, 5) is 25.1. The number of H-pyrrole nitrogens is 1. The van der Waals surface area contributed by atoms with Crippen LogP contribution in [0.15, 0.2) is 24.3 Å². The number of nitrogens with one attached hydrogen (secondary N) is 1. The van der Waals surface area contributed by atoms with E-state index in [0.717, 1.165) is 0 Å². The largest absolute Gasteiger partial charge is 0.477 e. The number of carboxylic acid groups (broad SMARTS) is 1. The zero-order valence-corrected chi connectivity index (χ0v) is 10.2. The Labute approximate surface area is 109 Å². The summed E-state index contributed by atoms with van der Waals surface area (Å²) < 4.78 is 4.68. The van der Waals surface area contributed by atoms with Crippen LogP contribution in [-0.4, -0.2) is 28.6 Å². The van der Waals surface area contributed by atoms with Crippen molar-refractivity contribution >= 4 is 22.8 Å². The first kappa shape index (κ1) is 12.7. The molecule has 0 radical (unpaired) electrons. The van der Waals surface area contributed by atoms with Gasteiger partial charge in [-0.1, -0.05) is 24.1 Å². The smallest absolute Gasteiger partial charge is 0.384 e. The molecule has 0 bridgehead atoms. The summed E-state index contributed by atoms with van der Waals surface area (Å²) in [6.45, 7) is 1.90. The van der Waals surface area contributed by atoms with Crippen molar-refractivity contribution in [2.24, 2.45) is 0 Å². The molecule has 1 aromatic heterocycles. The molecule has 0 aliphatic carbocycles. The number of aromatic nitrogens is 1. The highest BCUT2D eigenvalue weighted by molar-refractivity contribution is 6.01. The lowest BCUT2D eigenvalue weighted by Crippen LogP contribution is -2.01. The number of hydrogen-bond donors (Lipinski definition) is 2. The molecule has 0 saturated heterocycles. The van der Waals surface area contributed by atoms with Crippen LogP contribution in [0, 0.1) is 11.8 Å². The maximum atomic E-state index is 11.2. The average Bonchev–Trinajstić information content (AvgIpc) is 2.75. The normalized spacial score (nSPS) is 9.74. The number of carbonyl (C=O) groups excluding carboxylic acids is 1. The number of ether oxygens (including phenoxy) is 1. The molecule has 5 nitrogen and oxygen atoms in total. The Bertz CT molecular complexity index is 703. The maximum Gasteiger partial charge on any atom is 0.384 e. The van der Waals surface area contributed by atoms with Gasteiger partial charge in [0.05, 0.1) is 12.2 Å². The van der Waals surface area contributed by atoms with E-state index in [1.165, 1.54) is 0 Å². The lowest BCUT2D eigenvalue weighted by Gasteiger charge is -1.92. The Morgan fingerprint density at radius 2 is 2.11 bits per heavy atom. The highest BCUT2D eigenvalue weighted by atomic mass is 16.5. The van der Waals surface area contributed by atoms with Gasteiger partial charge < -0.3 is 14.8 Å². The molecule has 0 fully saturated rings. The molecule has 5 heteroatoms. The molecule has 2 aromatic rings. The number of fused-ring (bicyclic) bond motifs is 1. The minimum atomic E-state index is -1.12. The second-order valence-corrected chi connectivity index (χ2v) is 3.70. The molecule has 0 atom stereocenters. The fourth-order valence-corrected chi connectivity index (χ4v) is 1.71. The molecular formula is C14H11NO4. The van der Waals surface area contributed by atoms with E-state index in [2.05, 4.69) is 21.6 Å². The summed E-state index contributed by atoms with van der Waals surface area (Å²) >= 11 is 0. The Hall–Kier alpha value is -2.74. The third kappa shape index (κ3) is 2.58. The molecule has 0 unspecified atom stereocenters. The Morgan fingerprint density at radius 1 is 1.37 bits per heavy atom. The molecule has 2 N–H and O–H groups in total. The topological polar surface area (TPSA) is 79.4 Å². The fourth-order valence-electron chi connectivity index (χ4n) is 1.71. The fraction of sp³-hybridized carbons (Fsp3) is 0.143. The van der Waals surface area contributed by atoms with Gasteiger partial charge in [0.25, 0.3) is 0 Å². The van der Waals surface area contributed by atoms with Gasteiger partial charge in [-0.15, -0.1) is 0 Å². The monoisotopic (exact) mass is 257 g/mol. The molecule has 2 rings (SSSR count). The molecule has 0 spiro atoms. The van der Waals surface area contributed by atoms with Gasteiger partial charge in [-0.25, -0.2) is 9.59 Å². The number of aromatic carboxylic acids is 1. The van der Waals surface area contributed by atoms with Crippen LogP contribution >= 0.6 is 0 Å². The van der Waals surface area contributed by atoms with E-state index in [-0.39, 0.29) is 17.9 Å². The number of hydrogen-bond acceptors (Lipinski definition) is 3. The third-order valence-corrected chi connectivity index (χ3v) is 2.48. The first-order chi connectivity index (χ1) is 9.13. The predicted molar refractivity (Wildman–Crippen MR) is 68.8 cm³/mol. The van der Waals surface area contributed by atoms with Gasteiger partial charge in [0.2, 0.25) is 0 Å². The number of benzene rings is 1. The zero-order chi connectivity index (χ0) is 13.8.